The van der Waals surface area contributed by atoms with E-state index in [1.165, 1.54) is 12.0 Å². The van der Waals surface area contributed by atoms with Gasteiger partial charge in [0.25, 0.3) is 5.91 Å². The summed E-state index contributed by atoms with van der Waals surface area (Å²) < 4.78 is 0. The average Bonchev–Trinajstić information content (AvgIpc) is 2.41. The van der Waals surface area contributed by atoms with Gasteiger partial charge in [-0.1, -0.05) is 6.58 Å². The number of amides is 1. The van der Waals surface area contributed by atoms with E-state index >= 15 is 0 Å². The molecule has 0 aromatic rings. The van der Waals surface area contributed by atoms with Crippen LogP contribution in [-0.4, -0.2) is 17.4 Å². The number of hydrogen-bond acceptors (Lipinski definition) is 1. The van der Waals surface area contributed by atoms with Crippen LogP contribution in [0.4, 0.5) is 0 Å². The van der Waals surface area contributed by atoms with Gasteiger partial charge in [-0.2, -0.15) is 0 Å². The van der Waals surface area contributed by atoms with Crippen molar-refractivity contribution in [3.63, 3.8) is 0 Å². The number of nitrogens with zero attached hydrogens (tertiary/aromatic N) is 1. The molecule has 2 rings (SSSR count). The zero-order chi connectivity index (χ0) is 9.42. The Morgan fingerprint density at radius 3 is 2.46 bits per heavy atom. The first-order chi connectivity index (χ1) is 6.25. The Labute approximate surface area is 78.9 Å². The predicted molar refractivity (Wildman–Crippen MR) is 52.0 cm³/mol. The molecular weight excluding hydrogens is 162 g/mol. The van der Waals surface area contributed by atoms with Gasteiger partial charge >= 0.3 is 0 Å². The average molecular weight is 177 g/mol. The fraction of sp³-hybridized carbons (Fsp3) is 0.545. The molecule has 1 amide bonds. The van der Waals surface area contributed by atoms with Gasteiger partial charge in [-0.05, 0) is 38.2 Å². The molecule has 0 aromatic heterocycles. The van der Waals surface area contributed by atoms with Gasteiger partial charge in [0.2, 0.25) is 0 Å². The first kappa shape index (κ1) is 8.54. The monoisotopic (exact) mass is 177 g/mol. The van der Waals surface area contributed by atoms with Crippen LogP contribution in [0, 0.1) is 0 Å². The number of rotatable bonds is 1. The Morgan fingerprint density at radius 1 is 1.31 bits per heavy atom. The highest BCUT2D eigenvalue weighted by atomic mass is 16.2. The largest absolute Gasteiger partial charge is 0.309 e. The van der Waals surface area contributed by atoms with Crippen LogP contribution in [0.3, 0.4) is 0 Å². The minimum absolute atomic E-state index is 0.210. The summed E-state index contributed by atoms with van der Waals surface area (Å²) in [6.07, 6.45) is 4.39. The highest BCUT2D eigenvalue weighted by Gasteiger charge is 2.33. The topological polar surface area (TPSA) is 20.3 Å². The zero-order valence-electron chi connectivity index (χ0n) is 8.10. The molecule has 0 saturated heterocycles. The van der Waals surface area contributed by atoms with Crippen LogP contribution in [0.15, 0.2) is 23.4 Å². The van der Waals surface area contributed by atoms with Crippen LogP contribution in [-0.2, 0) is 4.79 Å². The highest BCUT2D eigenvalue weighted by molar-refractivity contribution is 6.00. The third-order valence-electron chi connectivity index (χ3n) is 2.96. The van der Waals surface area contributed by atoms with E-state index in [0.717, 1.165) is 37.1 Å². The molecule has 0 atom stereocenters. The molecule has 0 radical (unpaired) electrons. The maximum Gasteiger partial charge on any atom is 0.254 e. The number of carbonyl (C=O) groups is 1. The van der Waals surface area contributed by atoms with Crippen molar-refractivity contribution in [2.75, 3.05) is 6.54 Å². The summed E-state index contributed by atoms with van der Waals surface area (Å²) in [6, 6.07) is 0. The molecule has 0 aromatic carbocycles. The predicted octanol–water partition coefficient (Wildman–Crippen LogP) is 2.23. The van der Waals surface area contributed by atoms with E-state index in [-0.39, 0.29) is 5.91 Å². The van der Waals surface area contributed by atoms with E-state index in [1.807, 2.05) is 6.92 Å². The van der Waals surface area contributed by atoms with Gasteiger partial charge in [-0.15, -0.1) is 0 Å². The summed E-state index contributed by atoms with van der Waals surface area (Å²) in [6.45, 7) is 6.74. The fourth-order valence-electron chi connectivity index (χ4n) is 2.24. The molecule has 0 saturated carbocycles. The Balaban J connectivity index is 2.35. The second kappa shape index (κ2) is 3.02. The van der Waals surface area contributed by atoms with Crippen molar-refractivity contribution in [1.82, 2.24) is 4.90 Å². The molecule has 0 N–H and O–H groups in total. The van der Waals surface area contributed by atoms with E-state index in [1.54, 1.807) is 4.90 Å². The molecule has 0 spiro atoms. The van der Waals surface area contributed by atoms with Crippen LogP contribution in [0.5, 0.6) is 0 Å². The zero-order valence-corrected chi connectivity index (χ0v) is 8.10. The maximum atomic E-state index is 11.8. The van der Waals surface area contributed by atoms with Crippen molar-refractivity contribution < 1.29 is 4.79 Å². The van der Waals surface area contributed by atoms with Gasteiger partial charge in [0.05, 0.1) is 0 Å². The quantitative estimate of drug-likeness (QED) is 0.601. The van der Waals surface area contributed by atoms with Crippen molar-refractivity contribution in [2.24, 2.45) is 0 Å². The molecule has 2 nitrogen and oxygen atoms in total. The third-order valence-corrected chi connectivity index (χ3v) is 2.96. The molecule has 0 unspecified atom stereocenters. The number of allylic oxidation sites excluding steroid dienone is 1. The summed E-state index contributed by atoms with van der Waals surface area (Å²) in [5, 5.41) is 0. The third kappa shape index (κ3) is 1.12. The first-order valence-corrected chi connectivity index (χ1v) is 4.99. The fourth-order valence-corrected chi connectivity index (χ4v) is 2.24. The van der Waals surface area contributed by atoms with E-state index in [2.05, 4.69) is 6.58 Å². The van der Waals surface area contributed by atoms with Gasteiger partial charge in [0.15, 0.2) is 0 Å². The van der Waals surface area contributed by atoms with Gasteiger partial charge in [0.1, 0.15) is 0 Å². The number of likely N-dealkylation sites (N-methyl/N-ethyl adjacent to an activating group) is 1. The highest BCUT2D eigenvalue weighted by Crippen LogP contribution is 2.37. The lowest BCUT2D eigenvalue weighted by molar-refractivity contribution is -0.124. The van der Waals surface area contributed by atoms with Crippen molar-refractivity contribution in [2.45, 2.75) is 32.6 Å². The van der Waals surface area contributed by atoms with Gasteiger partial charge in [0, 0.05) is 17.8 Å². The lowest BCUT2D eigenvalue weighted by Gasteiger charge is -2.15. The first-order valence-electron chi connectivity index (χ1n) is 4.99. The standard InChI is InChI=1S/C11H15NO/c1-3-12-8(2)9-6-4-5-7-10(9)11(12)13/h2-7H2,1H3. The SMILES string of the molecule is C=C1C2=C(CCCC2)C(=O)N1CC. The molecule has 2 aliphatic rings. The smallest absolute Gasteiger partial charge is 0.254 e. The molecule has 1 aliphatic carbocycles. The van der Waals surface area contributed by atoms with Crippen LogP contribution < -0.4 is 0 Å². The maximum absolute atomic E-state index is 11.8. The van der Waals surface area contributed by atoms with E-state index < -0.39 is 0 Å². The summed E-state index contributed by atoms with van der Waals surface area (Å²) in [5.41, 5.74) is 3.23. The Bertz CT molecular complexity index is 273. The van der Waals surface area contributed by atoms with Gasteiger partial charge < -0.3 is 4.90 Å². The minimum atomic E-state index is 0.210. The molecular formula is C11H15NO. The Hall–Kier alpha value is -1.05. The van der Waals surface area contributed by atoms with Crippen molar-refractivity contribution in [3.8, 4) is 0 Å². The van der Waals surface area contributed by atoms with E-state index in [0.29, 0.717) is 0 Å². The normalized spacial score (nSPS) is 22.7. The van der Waals surface area contributed by atoms with E-state index in [9.17, 15) is 4.79 Å². The molecule has 70 valence electrons. The summed E-state index contributed by atoms with van der Waals surface area (Å²) in [7, 11) is 0. The number of carbonyl (C=O) groups excluding carboxylic acids is 1. The van der Waals surface area contributed by atoms with Crippen molar-refractivity contribution in [1.29, 1.82) is 0 Å². The summed E-state index contributed by atoms with van der Waals surface area (Å²) in [4.78, 5) is 13.6. The van der Waals surface area contributed by atoms with Crippen LogP contribution >= 0.6 is 0 Å². The second-order valence-corrected chi connectivity index (χ2v) is 3.66. The van der Waals surface area contributed by atoms with Gasteiger partial charge in [-0.3, -0.25) is 4.79 Å². The molecule has 1 aliphatic heterocycles. The van der Waals surface area contributed by atoms with E-state index in [4.69, 9.17) is 0 Å². The second-order valence-electron chi connectivity index (χ2n) is 3.66. The molecule has 0 bridgehead atoms. The van der Waals surface area contributed by atoms with Gasteiger partial charge in [-0.25, -0.2) is 0 Å². The lowest BCUT2D eigenvalue weighted by atomic mass is 9.93. The van der Waals surface area contributed by atoms with Crippen LogP contribution in [0.2, 0.25) is 0 Å². The summed E-state index contributed by atoms with van der Waals surface area (Å²) >= 11 is 0. The van der Waals surface area contributed by atoms with Crippen LogP contribution in [0.1, 0.15) is 32.6 Å². The van der Waals surface area contributed by atoms with Crippen molar-refractivity contribution >= 4 is 5.91 Å². The van der Waals surface area contributed by atoms with Crippen molar-refractivity contribution in [3.05, 3.63) is 23.4 Å². The molecule has 2 heteroatoms. The molecule has 0 fully saturated rings. The summed E-state index contributed by atoms with van der Waals surface area (Å²) in [5.74, 6) is 0.210. The number of hydrogen-bond donors (Lipinski definition) is 0. The Kier molecular flexibility index (Phi) is 1.98. The minimum Gasteiger partial charge on any atom is -0.309 e. The van der Waals surface area contributed by atoms with Crippen LogP contribution in [0.25, 0.3) is 0 Å². The Morgan fingerprint density at radius 2 is 1.92 bits per heavy atom. The lowest BCUT2D eigenvalue weighted by Crippen LogP contribution is -2.24. The molecule has 1 heterocycles. The molecule has 13 heavy (non-hydrogen) atoms.